The molecule has 0 saturated heterocycles. The van der Waals surface area contributed by atoms with E-state index in [1.54, 1.807) is 20.8 Å². The molecular weight excluding hydrogens is 284 g/mol. The lowest BCUT2D eigenvalue weighted by molar-refractivity contribution is -0.118. The van der Waals surface area contributed by atoms with Crippen LogP contribution in [0.5, 0.6) is 0 Å². The van der Waals surface area contributed by atoms with Crippen LogP contribution in [0.4, 0.5) is 10.5 Å². The zero-order chi connectivity index (χ0) is 15.9. The number of anilines is 1. The average molecular weight is 302 g/mol. The Kier molecular flexibility index (Phi) is 3.27. The van der Waals surface area contributed by atoms with Gasteiger partial charge in [-0.1, -0.05) is 6.07 Å². The van der Waals surface area contributed by atoms with E-state index in [1.807, 2.05) is 18.2 Å². The van der Waals surface area contributed by atoms with Crippen LogP contribution in [0.2, 0.25) is 0 Å². The first-order valence-corrected chi connectivity index (χ1v) is 7.10. The zero-order valence-corrected chi connectivity index (χ0v) is 12.7. The first-order valence-electron chi connectivity index (χ1n) is 7.10. The predicted octanol–water partition coefficient (Wildman–Crippen LogP) is 1.95. The predicted molar refractivity (Wildman–Crippen MR) is 81.6 cm³/mol. The highest BCUT2D eigenvalue weighted by atomic mass is 16.6. The normalized spacial score (nSPS) is 17.8. The van der Waals surface area contributed by atoms with Crippen molar-refractivity contribution in [2.45, 2.75) is 38.8 Å². The molecule has 1 aromatic heterocycles. The Balaban J connectivity index is 1.84. The van der Waals surface area contributed by atoms with E-state index in [0.717, 1.165) is 16.6 Å². The number of hydrogen-bond donors (Lipinski definition) is 3. The summed E-state index contributed by atoms with van der Waals surface area (Å²) in [5, 5.41) is 13.5. The number of nitrogens with zero attached hydrogens (tertiary/aromatic N) is 1. The summed E-state index contributed by atoms with van der Waals surface area (Å²) in [6.07, 6.45) is -0.284. The monoisotopic (exact) mass is 302 g/mol. The molecule has 0 fully saturated rings. The van der Waals surface area contributed by atoms with Crippen LogP contribution in [-0.2, 0) is 16.0 Å². The van der Waals surface area contributed by atoms with Gasteiger partial charge in [-0.2, -0.15) is 5.10 Å². The quantitative estimate of drug-likeness (QED) is 0.750. The molecule has 1 atom stereocenters. The van der Waals surface area contributed by atoms with Gasteiger partial charge in [-0.05, 0) is 32.9 Å². The van der Waals surface area contributed by atoms with Crippen molar-refractivity contribution in [2.24, 2.45) is 0 Å². The van der Waals surface area contributed by atoms with Gasteiger partial charge in [0.15, 0.2) is 0 Å². The number of rotatable bonds is 1. The Labute approximate surface area is 127 Å². The molecule has 0 unspecified atom stereocenters. The fraction of sp³-hybridized carbons (Fsp3) is 0.400. The van der Waals surface area contributed by atoms with Crippen LogP contribution < -0.4 is 10.6 Å². The molecule has 0 radical (unpaired) electrons. The van der Waals surface area contributed by atoms with E-state index in [9.17, 15) is 9.59 Å². The van der Waals surface area contributed by atoms with E-state index in [4.69, 9.17) is 4.74 Å². The summed E-state index contributed by atoms with van der Waals surface area (Å²) in [6.45, 7) is 5.32. The Morgan fingerprint density at radius 2 is 2.18 bits per heavy atom. The Bertz CT molecular complexity index is 745. The molecule has 0 aliphatic carbocycles. The molecule has 2 aromatic rings. The molecule has 2 amide bonds. The van der Waals surface area contributed by atoms with Gasteiger partial charge in [-0.25, -0.2) is 4.79 Å². The number of H-pyrrole nitrogens is 1. The van der Waals surface area contributed by atoms with Crippen LogP contribution in [0, 0.1) is 0 Å². The summed E-state index contributed by atoms with van der Waals surface area (Å²) < 4.78 is 5.21. The Morgan fingerprint density at radius 3 is 2.91 bits per heavy atom. The smallest absolute Gasteiger partial charge is 0.408 e. The van der Waals surface area contributed by atoms with E-state index in [0.29, 0.717) is 12.1 Å². The summed E-state index contributed by atoms with van der Waals surface area (Å²) in [5.74, 6) is -0.275. The highest BCUT2D eigenvalue weighted by molar-refractivity contribution is 6.06. The molecule has 0 saturated carbocycles. The lowest BCUT2D eigenvalue weighted by Crippen LogP contribution is -2.46. The summed E-state index contributed by atoms with van der Waals surface area (Å²) in [4.78, 5) is 24.2. The summed E-state index contributed by atoms with van der Waals surface area (Å²) in [7, 11) is 0. The van der Waals surface area contributed by atoms with Crippen molar-refractivity contribution in [1.29, 1.82) is 0 Å². The number of benzene rings is 1. The van der Waals surface area contributed by atoms with Crippen LogP contribution in [0.15, 0.2) is 18.2 Å². The van der Waals surface area contributed by atoms with Crippen LogP contribution in [0.3, 0.4) is 0 Å². The van der Waals surface area contributed by atoms with Gasteiger partial charge in [0.1, 0.15) is 11.6 Å². The number of aromatic nitrogens is 2. The molecular formula is C15H18N4O3. The molecule has 0 bridgehead atoms. The number of aromatic amines is 1. The van der Waals surface area contributed by atoms with Gasteiger partial charge in [-0.15, -0.1) is 0 Å². The maximum absolute atomic E-state index is 12.3. The number of carbonyl (C=O) groups is 2. The van der Waals surface area contributed by atoms with Crippen LogP contribution >= 0.6 is 0 Å². The standard InChI is InChI=1S/C15H18N4O3/c1-15(2,3)22-14(21)17-11-7-10-12-8(16-13(11)20)5-4-6-9(12)18-19-10/h4-6,11H,7H2,1-3H3,(H,16,20)(H,17,21)(H,18,19)/t11-/m0/s1. The van der Waals surface area contributed by atoms with Crippen LogP contribution in [0.25, 0.3) is 10.9 Å². The number of ether oxygens (including phenoxy) is 1. The molecule has 7 nitrogen and oxygen atoms in total. The van der Waals surface area contributed by atoms with Crippen molar-refractivity contribution in [3.63, 3.8) is 0 Å². The molecule has 1 aliphatic heterocycles. The third-order valence-corrected chi connectivity index (χ3v) is 3.33. The van der Waals surface area contributed by atoms with E-state index < -0.39 is 17.7 Å². The lowest BCUT2D eigenvalue weighted by Gasteiger charge is -2.22. The molecule has 7 heteroatoms. The van der Waals surface area contributed by atoms with Gasteiger partial charge in [0.25, 0.3) is 0 Å². The van der Waals surface area contributed by atoms with Gasteiger partial charge >= 0.3 is 6.09 Å². The number of carbonyl (C=O) groups excluding carboxylic acids is 2. The van der Waals surface area contributed by atoms with Crippen molar-refractivity contribution < 1.29 is 14.3 Å². The van der Waals surface area contributed by atoms with Crippen LogP contribution in [-0.4, -0.2) is 33.8 Å². The number of alkyl carbamates (subject to hydrolysis) is 1. The van der Waals surface area contributed by atoms with Crippen molar-refractivity contribution in [3.05, 3.63) is 23.9 Å². The van der Waals surface area contributed by atoms with Gasteiger partial charge < -0.3 is 15.4 Å². The van der Waals surface area contributed by atoms with Crippen molar-refractivity contribution in [2.75, 3.05) is 5.32 Å². The maximum atomic E-state index is 12.3. The minimum Gasteiger partial charge on any atom is -0.444 e. The van der Waals surface area contributed by atoms with E-state index >= 15 is 0 Å². The molecule has 116 valence electrons. The molecule has 2 heterocycles. The zero-order valence-electron chi connectivity index (χ0n) is 12.7. The minimum atomic E-state index is -0.717. The lowest BCUT2D eigenvalue weighted by atomic mass is 10.1. The van der Waals surface area contributed by atoms with E-state index in [-0.39, 0.29) is 5.91 Å². The second-order valence-electron chi connectivity index (χ2n) is 6.29. The second-order valence-corrected chi connectivity index (χ2v) is 6.29. The third-order valence-electron chi connectivity index (χ3n) is 3.33. The van der Waals surface area contributed by atoms with Gasteiger partial charge in [0.05, 0.1) is 11.2 Å². The summed E-state index contributed by atoms with van der Waals surface area (Å²) >= 11 is 0. The van der Waals surface area contributed by atoms with Crippen molar-refractivity contribution >= 4 is 28.6 Å². The molecule has 0 spiro atoms. The van der Waals surface area contributed by atoms with E-state index in [2.05, 4.69) is 20.8 Å². The fourth-order valence-electron chi connectivity index (χ4n) is 2.47. The first-order chi connectivity index (χ1) is 10.3. The SMILES string of the molecule is CC(C)(C)OC(=O)N[C@H]1Cc2[nH]nc3cccc(c23)NC1=O. The van der Waals surface area contributed by atoms with Crippen molar-refractivity contribution in [1.82, 2.24) is 15.5 Å². The topological polar surface area (TPSA) is 96.1 Å². The molecule has 1 aliphatic rings. The molecule has 3 N–H and O–H groups in total. The number of nitrogens with one attached hydrogen (secondary N) is 3. The number of amides is 2. The van der Waals surface area contributed by atoms with Crippen LogP contribution in [0.1, 0.15) is 26.5 Å². The highest BCUT2D eigenvalue weighted by Gasteiger charge is 2.29. The third kappa shape index (κ3) is 2.74. The molecule has 1 aromatic carbocycles. The second kappa shape index (κ2) is 5.01. The average Bonchev–Trinajstić information content (AvgIpc) is 2.74. The summed E-state index contributed by atoms with van der Waals surface area (Å²) in [5.41, 5.74) is 1.67. The Morgan fingerprint density at radius 1 is 1.41 bits per heavy atom. The van der Waals surface area contributed by atoms with Gasteiger partial charge in [0.2, 0.25) is 5.91 Å². The Hall–Kier alpha value is -2.57. The first kappa shape index (κ1) is 14.4. The maximum Gasteiger partial charge on any atom is 0.408 e. The van der Waals surface area contributed by atoms with Gasteiger partial charge in [-0.3, -0.25) is 9.89 Å². The summed E-state index contributed by atoms with van der Waals surface area (Å²) in [6, 6.07) is 4.79. The molecule has 3 rings (SSSR count). The minimum absolute atomic E-state index is 0.275. The van der Waals surface area contributed by atoms with E-state index in [1.165, 1.54) is 0 Å². The van der Waals surface area contributed by atoms with Gasteiger partial charge in [0, 0.05) is 17.5 Å². The number of hydrogen-bond acceptors (Lipinski definition) is 4. The highest BCUT2D eigenvalue weighted by Crippen LogP contribution is 2.28. The molecule has 22 heavy (non-hydrogen) atoms. The van der Waals surface area contributed by atoms with Crippen molar-refractivity contribution in [3.8, 4) is 0 Å². The fourth-order valence-corrected chi connectivity index (χ4v) is 2.47. The largest absolute Gasteiger partial charge is 0.444 e.